The van der Waals surface area contributed by atoms with Crippen LogP contribution in [0.3, 0.4) is 0 Å². The number of piperidine rings is 1. The molecule has 1 saturated heterocycles. The van der Waals surface area contributed by atoms with Crippen LogP contribution in [0.1, 0.15) is 40.0 Å². The summed E-state index contributed by atoms with van der Waals surface area (Å²) in [4.78, 5) is 13.7. The third kappa shape index (κ3) is 2.68. The molecule has 1 N–H and O–H groups in total. The predicted octanol–water partition coefficient (Wildman–Crippen LogP) is 2.06. The zero-order valence-electron chi connectivity index (χ0n) is 12.9. The van der Waals surface area contributed by atoms with Crippen LogP contribution in [-0.4, -0.2) is 54.2 Å². The monoisotopic (exact) mass is 305 g/mol. The lowest BCUT2D eigenvalue weighted by Gasteiger charge is -2.57. The number of likely N-dealkylation sites (tertiary alicyclic amines) is 1. The molecule has 1 spiro atoms. The van der Waals surface area contributed by atoms with Gasteiger partial charge < -0.3 is 14.7 Å². The first kappa shape index (κ1) is 16.6. The molecule has 6 heteroatoms. The summed E-state index contributed by atoms with van der Waals surface area (Å²) in [5.74, 6) is -0.505. The molecule has 21 heavy (non-hydrogen) atoms. The standard InChI is InChI=1S/C15H25F2NO3/c1-4-21-11-9-10(19)15(11)5-7-18(8-6-15)13(20)14(2,3)12(16)17/h10-12,19H,4-9H2,1-3H3/t10-,11-/m0/s1. The molecule has 122 valence electrons. The van der Waals surface area contributed by atoms with Gasteiger partial charge in [0.15, 0.2) is 0 Å². The van der Waals surface area contributed by atoms with Crippen molar-refractivity contribution in [3.8, 4) is 0 Å². The van der Waals surface area contributed by atoms with Gasteiger partial charge in [-0.3, -0.25) is 4.79 Å². The highest BCUT2D eigenvalue weighted by Crippen LogP contribution is 2.51. The molecule has 2 aliphatic rings. The fourth-order valence-electron chi connectivity index (χ4n) is 3.44. The van der Waals surface area contributed by atoms with Gasteiger partial charge in [0.1, 0.15) is 5.41 Å². The molecule has 1 amide bonds. The van der Waals surface area contributed by atoms with Gasteiger partial charge in [0.25, 0.3) is 6.43 Å². The van der Waals surface area contributed by atoms with Gasteiger partial charge in [0.2, 0.25) is 5.91 Å². The Labute approximate surface area is 124 Å². The molecule has 0 radical (unpaired) electrons. The van der Waals surface area contributed by atoms with Crippen molar-refractivity contribution in [2.24, 2.45) is 10.8 Å². The number of rotatable bonds is 4. The van der Waals surface area contributed by atoms with E-state index in [0.29, 0.717) is 39.0 Å². The van der Waals surface area contributed by atoms with Crippen LogP contribution in [0.4, 0.5) is 8.78 Å². The minimum Gasteiger partial charge on any atom is -0.392 e. The number of nitrogens with zero attached hydrogens (tertiary/aromatic N) is 1. The molecule has 0 bridgehead atoms. The molecule has 0 aromatic carbocycles. The normalized spacial score (nSPS) is 28.8. The molecule has 1 heterocycles. The summed E-state index contributed by atoms with van der Waals surface area (Å²) in [5.41, 5.74) is -1.94. The van der Waals surface area contributed by atoms with Crippen LogP contribution in [0.5, 0.6) is 0 Å². The van der Waals surface area contributed by atoms with Crippen molar-refractivity contribution < 1.29 is 23.4 Å². The fraction of sp³-hybridized carbons (Fsp3) is 0.933. The van der Waals surface area contributed by atoms with E-state index >= 15 is 0 Å². The van der Waals surface area contributed by atoms with E-state index < -0.39 is 23.9 Å². The number of carbonyl (C=O) groups is 1. The van der Waals surface area contributed by atoms with Crippen molar-refractivity contribution in [1.82, 2.24) is 4.90 Å². The maximum Gasteiger partial charge on any atom is 0.252 e. The van der Waals surface area contributed by atoms with E-state index in [2.05, 4.69) is 0 Å². The summed E-state index contributed by atoms with van der Waals surface area (Å²) in [7, 11) is 0. The maximum atomic E-state index is 13.0. The molecular formula is C15H25F2NO3. The summed E-state index contributed by atoms with van der Waals surface area (Å²) >= 11 is 0. The second-order valence-electron chi connectivity index (χ2n) is 6.74. The second-order valence-corrected chi connectivity index (χ2v) is 6.74. The lowest BCUT2D eigenvalue weighted by Crippen LogP contribution is -2.63. The van der Waals surface area contributed by atoms with Crippen LogP contribution in [0.2, 0.25) is 0 Å². The Hall–Kier alpha value is -0.750. The van der Waals surface area contributed by atoms with Crippen LogP contribution in [-0.2, 0) is 9.53 Å². The third-order valence-electron chi connectivity index (χ3n) is 5.19. The first-order valence-electron chi connectivity index (χ1n) is 7.63. The highest BCUT2D eigenvalue weighted by atomic mass is 19.3. The molecule has 2 atom stereocenters. The van der Waals surface area contributed by atoms with Crippen molar-refractivity contribution in [2.75, 3.05) is 19.7 Å². The zero-order valence-corrected chi connectivity index (χ0v) is 12.9. The van der Waals surface area contributed by atoms with Crippen LogP contribution < -0.4 is 0 Å². The number of ether oxygens (including phenoxy) is 1. The Morgan fingerprint density at radius 2 is 2.00 bits per heavy atom. The van der Waals surface area contributed by atoms with Crippen molar-refractivity contribution in [3.63, 3.8) is 0 Å². The predicted molar refractivity (Wildman–Crippen MR) is 74.1 cm³/mol. The number of halogens is 2. The van der Waals surface area contributed by atoms with Gasteiger partial charge in [0.05, 0.1) is 12.2 Å². The summed E-state index contributed by atoms with van der Waals surface area (Å²) in [6, 6.07) is 0. The summed E-state index contributed by atoms with van der Waals surface area (Å²) in [5, 5.41) is 10.1. The number of alkyl halides is 2. The number of aliphatic hydroxyl groups is 1. The van der Waals surface area contributed by atoms with Crippen LogP contribution in [0.15, 0.2) is 0 Å². The Morgan fingerprint density at radius 3 is 2.43 bits per heavy atom. The van der Waals surface area contributed by atoms with Crippen molar-refractivity contribution >= 4 is 5.91 Å². The molecule has 1 saturated carbocycles. The van der Waals surface area contributed by atoms with E-state index in [1.807, 2.05) is 6.92 Å². The third-order valence-corrected chi connectivity index (χ3v) is 5.19. The van der Waals surface area contributed by atoms with Gasteiger partial charge in [0, 0.05) is 31.5 Å². The molecule has 2 rings (SSSR count). The van der Waals surface area contributed by atoms with Gasteiger partial charge >= 0.3 is 0 Å². The molecule has 2 fully saturated rings. The van der Waals surface area contributed by atoms with Gasteiger partial charge in [-0.05, 0) is 33.6 Å². The number of carbonyl (C=O) groups excluding carboxylic acids is 1. The largest absolute Gasteiger partial charge is 0.392 e. The van der Waals surface area contributed by atoms with E-state index in [9.17, 15) is 18.7 Å². The smallest absolute Gasteiger partial charge is 0.252 e. The molecule has 0 aromatic heterocycles. The van der Waals surface area contributed by atoms with Gasteiger partial charge in [-0.25, -0.2) is 8.78 Å². The number of hydrogen-bond acceptors (Lipinski definition) is 3. The van der Waals surface area contributed by atoms with E-state index in [1.54, 1.807) is 0 Å². The maximum absolute atomic E-state index is 13.0. The van der Waals surface area contributed by atoms with Crippen molar-refractivity contribution in [2.45, 2.75) is 58.7 Å². The summed E-state index contributed by atoms with van der Waals surface area (Å²) in [6.45, 7) is 5.91. The highest BCUT2D eigenvalue weighted by Gasteiger charge is 2.57. The lowest BCUT2D eigenvalue weighted by atomic mass is 9.58. The fourth-order valence-corrected chi connectivity index (χ4v) is 3.44. The number of amides is 1. The Balaban J connectivity index is 1.99. The lowest BCUT2D eigenvalue weighted by molar-refractivity contribution is -0.211. The van der Waals surface area contributed by atoms with Gasteiger partial charge in [-0.15, -0.1) is 0 Å². The molecule has 0 aromatic rings. The topological polar surface area (TPSA) is 49.8 Å². The molecule has 0 unspecified atom stereocenters. The SMILES string of the molecule is CCO[C@H]1C[C@H](O)C12CCN(C(=O)C(C)(C)C(F)F)CC2. The summed E-state index contributed by atoms with van der Waals surface area (Å²) in [6.07, 6.45) is -1.20. The second kappa shape index (κ2) is 5.80. The van der Waals surface area contributed by atoms with Crippen molar-refractivity contribution in [3.05, 3.63) is 0 Å². The van der Waals surface area contributed by atoms with Gasteiger partial charge in [-0.1, -0.05) is 0 Å². The minimum atomic E-state index is -2.67. The first-order valence-corrected chi connectivity index (χ1v) is 7.63. The molecule has 1 aliphatic heterocycles. The Kier molecular flexibility index (Phi) is 4.59. The van der Waals surface area contributed by atoms with Crippen LogP contribution in [0, 0.1) is 10.8 Å². The number of aliphatic hydroxyl groups excluding tert-OH is 1. The quantitative estimate of drug-likeness (QED) is 0.865. The zero-order chi connectivity index (χ0) is 15.8. The average Bonchev–Trinajstić information content (AvgIpc) is 2.46. The first-order chi connectivity index (χ1) is 9.75. The Morgan fingerprint density at radius 1 is 1.43 bits per heavy atom. The van der Waals surface area contributed by atoms with Crippen LogP contribution in [0.25, 0.3) is 0 Å². The molecule has 4 nitrogen and oxygen atoms in total. The molecule has 1 aliphatic carbocycles. The Bertz CT molecular complexity index is 390. The highest BCUT2D eigenvalue weighted by molar-refractivity contribution is 5.82. The van der Waals surface area contributed by atoms with E-state index in [1.165, 1.54) is 18.7 Å². The van der Waals surface area contributed by atoms with Gasteiger partial charge in [-0.2, -0.15) is 0 Å². The number of hydrogen-bond donors (Lipinski definition) is 1. The van der Waals surface area contributed by atoms with E-state index in [-0.39, 0.29) is 11.5 Å². The minimum absolute atomic E-state index is 0.0258. The average molecular weight is 305 g/mol. The van der Waals surface area contributed by atoms with E-state index in [4.69, 9.17) is 4.74 Å². The van der Waals surface area contributed by atoms with E-state index in [0.717, 1.165) is 0 Å². The van der Waals surface area contributed by atoms with Crippen molar-refractivity contribution in [1.29, 1.82) is 0 Å². The summed E-state index contributed by atoms with van der Waals surface area (Å²) < 4.78 is 31.6. The van der Waals surface area contributed by atoms with Crippen LogP contribution >= 0.6 is 0 Å². The molecular weight excluding hydrogens is 280 g/mol.